The van der Waals surface area contributed by atoms with Gasteiger partial charge in [0.05, 0.1) is 18.5 Å². The van der Waals surface area contributed by atoms with Crippen molar-refractivity contribution >= 4 is 5.91 Å². The number of halogens is 3. The van der Waals surface area contributed by atoms with Gasteiger partial charge in [0.25, 0.3) is 0 Å². The van der Waals surface area contributed by atoms with Crippen molar-refractivity contribution in [2.45, 2.75) is 38.9 Å². The number of furan rings is 1. The molecule has 1 aliphatic heterocycles. The van der Waals surface area contributed by atoms with Gasteiger partial charge in [-0.2, -0.15) is 13.2 Å². The Kier molecular flexibility index (Phi) is 5.16. The molecule has 0 aromatic carbocycles. The van der Waals surface area contributed by atoms with Gasteiger partial charge in [-0.25, -0.2) is 0 Å². The second-order valence-corrected chi connectivity index (χ2v) is 5.77. The van der Waals surface area contributed by atoms with Gasteiger partial charge in [0, 0.05) is 13.1 Å². The van der Waals surface area contributed by atoms with Crippen LogP contribution in [0.15, 0.2) is 16.5 Å². The Hall–Kier alpha value is -1.50. The summed E-state index contributed by atoms with van der Waals surface area (Å²) in [6.45, 7) is 3.83. The van der Waals surface area contributed by atoms with Crippen LogP contribution in [0.1, 0.15) is 37.3 Å². The van der Waals surface area contributed by atoms with Crippen LogP contribution in [0.25, 0.3) is 0 Å². The van der Waals surface area contributed by atoms with Crippen LogP contribution in [0.3, 0.4) is 0 Å². The standard InChI is InChI=1S/C15H21F3N2O2/c1-10-5-6-13(22-10)11(2)19-8-14(21)20-7-3-4-12(9-20)15(16,17)18/h5-6,11-12,19H,3-4,7-9H2,1-2H3/t11-,12+/m0/s1. The highest BCUT2D eigenvalue weighted by Gasteiger charge is 2.42. The van der Waals surface area contributed by atoms with Crippen LogP contribution >= 0.6 is 0 Å². The summed E-state index contributed by atoms with van der Waals surface area (Å²) in [5.41, 5.74) is 0. The Bertz CT molecular complexity index is 513. The number of carbonyl (C=O) groups is 1. The van der Waals surface area contributed by atoms with Crippen molar-refractivity contribution in [1.82, 2.24) is 10.2 Å². The van der Waals surface area contributed by atoms with Gasteiger partial charge in [-0.1, -0.05) is 0 Å². The van der Waals surface area contributed by atoms with E-state index in [1.165, 1.54) is 4.90 Å². The van der Waals surface area contributed by atoms with Crippen LogP contribution in [-0.2, 0) is 4.79 Å². The topological polar surface area (TPSA) is 45.5 Å². The molecule has 7 heteroatoms. The molecule has 0 unspecified atom stereocenters. The normalized spacial score (nSPS) is 21.0. The lowest BCUT2D eigenvalue weighted by Crippen LogP contribution is -2.47. The van der Waals surface area contributed by atoms with Crippen molar-refractivity contribution in [1.29, 1.82) is 0 Å². The lowest BCUT2D eigenvalue weighted by atomic mass is 9.97. The van der Waals surface area contributed by atoms with Crippen LogP contribution in [0.5, 0.6) is 0 Å². The minimum Gasteiger partial charge on any atom is -0.465 e. The maximum atomic E-state index is 12.7. The van der Waals surface area contributed by atoms with Gasteiger partial charge in [-0.3, -0.25) is 10.1 Å². The fourth-order valence-electron chi connectivity index (χ4n) is 2.61. The third kappa shape index (κ3) is 4.25. The van der Waals surface area contributed by atoms with Gasteiger partial charge < -0.3 is 9.32 Å². The number of nitrogens with zero attached hydrogens (tertiary/aromatic N) is 1. The summed E-state index contributed by atoms with van der Waals surface area (Å²) in [6, 6.07) is 3.48. The van der Waals surface area contributed by atoms with E-state index in [-0.39, 0.29) is 31.5 Å². The zero-order chi connectivity index (χ0) is 16.3. The van der Waals surface area contributed by atoms with E-state index in [4.69, 9.17) is 4.42 Å². The number of likely N-dealkylation sites (tertiary alicyclic amines) is 1. The molecule has 1 N–H and O–H groups in total. The van der Waals surface area contributed by atoms with E-state index in [9.17, 15) is 18.0 Å². The number of nitrogens with one attached hydrogen (secondary N) is 1. The molecule has 1 aromatic rings. The number of amides is 1. The Morgan fingerprint density at radius 3 is 2.82 bits per heavy atom. The first-order chi connectivity index (χ1) is 10.3. The lowest BCUT2D eigenvalue weighted by molar-refractivity contribution is -0.187. The molecular formula is C15H21F3N2O2. The molecule has 0 spiro atoms. The zero-order valence-corrected chi connectivity index (χ0v) is 12.7. The number of hydrogen-bond donors (Lipinski definition) is 1. The summed E-state index contributed by atoms with van der Waals surface area (Å²) < 4.78 is 43.7. The molecule has 1 fully saturated rings. The summed E-state index contributed by atoms with van der Waals surface area (Å²) in [5, 5.41) is 3.00. The Morgan fingerprint density at radius 1 is 1.50 bits per heavy atom. The van der Waals surface area contributed by atoms with Crippen LogP contribution in [-0.4, -0.2) is 36.6 Å². The molecule has 0 saturated carbocycles. The summed E-state index contributed by atoms with van der Waals surface area (Å²) >= 11 is 0. The van der Waals surface area contributed by atoms with Gasteiger partial charge in [-0.05, 0) is 38.8 Å². The summed E-state index contributed by atoms with van der Waals surface area (Å²) in [5.74, 6) is -0.226. The van der Waals surface area contributed by atoms with Gasteiger partial charge in [0.2, 0.25) is 5.91 Å². The molecular weight excluding hydrogens is 297 g/mol. The van der Waals surface area contributed by atoms with Crippen molar-refractivity contribution in [3.8, 4) is 0 Å². The number of carbonyl (C=O) groups excluding carboxylic acids is 1. The van der Waals surface area contributed by atoms with E-state index >= 15 is 0 Å². The molecule has 4 nitrogen and oxygen atoms in total. The molecule has 22 heavy (non-hydrogen) atoms. The second-order valence-electron chi connectivity index (χ2n) is 5.77. The second kappa shape index (κ2) is 6.73. The Morgan fingerprint density at radius 2 is 2.23 bits per heavy atom. The summed E-state index contributed by atoms with van der Waals surface area (Å²) in [7, 11) is 0. The van der Waals surface area contributed by atoms with Crippen molar-refractivity contribution in [2.24, 2.45) is 5.92 Å². The zero-order valence-electron chi connectivity index (χ0n) is 12.7. The van der Waals surface area contributed by atoms with Crippen LogP contribution in [0.2, 0.25) is 0 Å². The van der Waals surface area contributed by atoms with E-state index in [2.05, 4.69) is 5.32 Å². The molecule has 2 heterocycles. The molecule has 1 saturated heterocycles. The van der Waals surface area contributed by atoms with Crippen molar-refractivity contribution in [2.75, 3.05) is 19.6 Å². The van der Waals surface area contributed by atoms with Gasteiger partial charge >= 0.3 is 6.18 Å². The third-order valence-electron chi connectivity index (χ3n) is 3.98. The van der Waals surface area contributed by atoms with E-state index in [0.29, 0.717) is 18.7 Å². The van der Waals surface area contributed by atoms with E-state index in [1.54, 1.807) is 0 Å². The average molecular weight is 318 g/mol. The molecule has 2 rings (SSSR count). The molecule has 1 aromatic heterocycles. The Labute approximate surface area is 127 Å². The molecule has 1 amide bonds. The first-order valence-electron chi connectivity index (χ1n) is 7.41. The summed E-state index contributed by atoms with van der Waals surface area (Å²) in [6.07, 6.45) is -3.74. The van der Waals surface area contributed by atoms with Crippen molar-refractivity contribution < 1.29 is 22.4 Å². The van der Waals surface area contributed by atoms with E-state index in [0.717, 1.165) is 5.76 Å². The summed E-state index contributed by atoms with van der Waals surface area (Å²) in [4.78, 5) is 13.4. The highest BCUT2D eigenvalue weighted by atomic mass is 19.4. The van der Waals surface area contributed by atoms with Crippen molar-refractivity contribution in [3.05, 3.63) is 23.7 Å². The highest BCUT2D eigenvalue weighted by molar-refractivity contribution is 5.78. The van der Waals surface area contributed by atoms with Gasteiger partial charge in [0.15, 0.2) is 0 Å². The highest BCUT2D eigenvalue weighted by Crippen LogP contribution is 2.33. The van der Waals surface area contributed by atoms with Crippen LogP contribution < -0.4 is 5.32 Å². The monoisotopic (exact) mass is 318 g/mol. The molecule has 0 bridgehead atoms. The lowest BCUT2D eigenvalue weighted by Gasteiger charge is -2.34. The van der Waals surface area contributed by atoms with Crippen LogP contribution in [0, 0.1) is 12.8 Å². The SMILES string of the molecule is Cc1ccc([C@H](C)NCC(=O)N2CCC[C@@H](C(F)(F)F)C2)o1. The quantitative estimate of drug-likeness (QED) is 0.928. The maximum Gasteiger partial charge on any atom is 0.393 e. The van der Waals surface area contributed by atoms with Gasteiger partial charge in [0.1, 0.15) is 11.5 Å². The smallest absolute Gasteiger partial charge is 0.393 e. The largest absolute Gasteiger partial charge is 0.465 e. The predicted octanol–water partition coefficient (Wildman–Crippen LogP) is 3.04. The number of rotatable bonds is 4. The first kappa shape index (κ1) is 16.9. The predicted molar refractivity (Wildman–Crippen MR) is 75.2 cm³/mol. The van der Waals surface area contributed by atoms with Crippen molar-refractivity contribution in [3.63, 3.8) is 0 Å². The molecule has 0 radical (unpaired) electrons. The van der Waals surface area contributed by atoms with E-state index < -0.39 is 12.1 Å². The minimum atomic E-state index is -4.23. The molecule has 2 atom stereocenters. The van der Waals surface area contributed by atoms with Crippen LogP contribution in [0.4, 0.5) is 13.2 Å². The third-order valence-corrected chi connectivity index (χ3v) is 3.98. The molecule has 1 aliphatic rings. The fraction of sp³-hybridized carbons (Fsp3) is 0.667. The number of alkyl halides is 3. The van der Waals surface area contributed by atoms with E-state index in [1.807, 2.05) is 26.0 Å². The molecule has 0 aliphatic carbocycles. The van der Waals surface area contributed by atoms with Gasteiger partial charge in [-0.15, -0.1) is 0 Å². The number of piperidine rings is 1. The number of aryl methyl sites for hydroxylation is 1. The maximum absolute atomic E-state index is 12.7. The fourth-order valence-corrected chi connectivity index (χ4v) is 2.61. The molecule has 124 valence electrons. The average Bonchev–Trinajstić information content (AvgIpc) is 2.90. The number of hydrogen-bond acceptors (Lipinski definition) is 3. The minimum absolute atomic E-state index is 0.00545. The first-order valence-corrected chi connectivity index (χ1v) is 7.41. The Balaban J connectivity index is 1.84.